The summed E-state index contributed by atoms with van der Waals surface area (Å²) in [5, 5.41) is 6.39. The summed E-state index contributed by atoms with van der Waals surface area (Å²) in [6.07, 6.45) is 2.72. The zero-order valence-corrected chi connectivity index (χ0v) is 16.1. The molecule has 5 nitrogen and oxygen atoms in total. The van der Waals surface area contributed by atoms with Crippen LogP contribution in [0.25, 0.3) is 0 Å². The van der Waals surface area contributed by atoms with E-state index in [9.17, 15) is 4.79 Å². The van der Waals surface area contributed by atoms with Crippen LogP contribution in [0.5, 0.6) is 0 Å². The second kappa shape index (κ2) is 12.3. The third-order valence-electron chi connectivity index (χ3n) is 4.50. The van der Waals surface area contributed by atoms with Crippen molar-refractivity contribution in [3.05, 3.63) is 29.3 Å². The van der Waals surface area contributed by atoms with Gasteiger partial charge in [0.2, 0.25) is 5.91 Å². The molecule has 2 N–H and O–H groups in total. The summed E-state index contributed by atoms with van der Waals surface area (Å²) in [4.78, 5) is 12.2. The van der Waals surface area contributed by atoms with Crippen LogP contribution in [0.4, 0.5) is 5.69 Å². The summed E-state index contributed by atoms with van der Waals surface area (Å²) in [7, 11) is 0. The van der Waals surface area contributed by atoms with Gasteiger partial charge in [0.1, 0.15) is 0 Å². The Morgan fingerprint density at radius 3 is 2.84 bits per heavy atom. The van der Waals surface area contributed by atoms with Crippen LogP contribution in [0.2, 0.25) is 0 Å². The Morgan fingerprint density at radius 1 is 1.32 bits per heavy atom. The van der Waals surface area contributed by atoms with Crippen LogP contribution in [0, 0.1) is 12.8 Å². The third kappa shape index (κ3) is 7.74. The zero-order chi connectivity index (χ0) is 17.2. The molecule has 1 fully saturated rings. The topological polar surface area (TPSA) is 59.6 Å². The fourth-order valence-electron chi connectivity index (χ4n) is 2.93. The number of rotatable bonds is 10. The highest BCUT2D eigenvalue weighted by Crippen LogP contribution is 2.21. The number of hydrogen-bond donors (Lipinski definition) is 2. The van der Waals surface area contributed by atoms with Gasteiger partial charge in [-0.25, -0.2) is 0 Å². The first kappa shape index (κ1) is 21.9. The summed E-state index contributed by atoms with van der Waals surface area (Å²) in [6.45, 7) is 8.56. The van der Waals surface area contributed by atoms with Gasteiger partial charge in [0.05, 0.1) is 19.8 Å². The average Bonchev–Trinajstić information content (AvgIpc) is 3.09. The van der Waals surface area contributed by atoms with Gasteiger partial charge >= 0.3 is 0 Å². The van der Waals surface area contributed by atoms with E-state index in [2.05, 4.69) is 10.6 Å². The van der Waals surface area contributed by atoms with Crippen molar-refractivity contribution in [3.8, 4) is 0 Å². The van der Waals surface area contributed by atoms with E-state index >= 15 is 0 Å². The van der Waals surface area contributed by atoms with Crippen molar-refractivity contribution in [1.82, 2.24) is 5.32 Å². The molecule has 0 aliphatic carbocycles. The molecule has 1 aliphatic rings. The van der Waals surface area contributed by atoms with Crippen LogP contribution < -0.4 is 10.6 Å². The van der Waals surface area contributed by atoms with Crippen LogP contribution in [-0.4, -0.2) is 38.8 Å². The van der Waals surface area contributed by atoms with Gasteiger partial charge in [0.15, 0.2) is 0 Å². The highest BCUT2D eigenvalue weighted by Gasteiger charge is 2.16. The molecule has 0 radical (unpaired) electrons. The lowest BCUT2D eigenvalue weighted by Crippen LogP contribution is -2.16. The Bertz CT molecular complexity index is 519. The van der Waals surface area contributed by atoms with Crippen LogP contribution in [-0.2, 0) is 20.9 Å². The van der Waals surface area contributed by atoms with Crippen molar-refractivity contribution in [2.75, 3.05) is 38.2 Å². The first-order chi connectivity index (χ1) is 11.7. The second-order valence-electron chi connectivity index (χ2n) is 6.28. The summed E-state index contributed by atoms with van der Waals surface area (Å²) < 4.78 is 10.9. The van der Waals surface area contributed by atoms with Crippen molar-refractivity contribution in [2.24, 2.45) is 5.92 Å². The van der Waals surface area contributed by atoms with Gasteiger partial charge in [-0.2, -0.15) is 0 Å². The van der Waals surface area contributed by atoms with E-state index in [-0.39, 0.29) is 18.3 Å². The van der Waals surface area contributed by atoms with E-state index in [1.165, 1.54) is 6.42 Å². The number of halogens is 1. The van der Waals surface area contributed by atoms with E-state index < -0.39 is 0 Å². The van der Waals surface area contributed by atoms with Gasteiger partial charge in [-0.1, -0.05) is 12.1 Å². The van der Waals surface area contributed by atoms with Gasteiger partial charge in [-0.15, -0.1) is 12.4 Å². The quantitative estimate of drug-likeness (QED) is 0.620. The van der Waals surface area contributed by atoms with Crippen LogP contribution in [0.1, 0.15) is 37.3 Å². The molecule has 0 saturated carbocycles. The van der Waals surface area contributed by atoms with E-state index in [1.807, 2.05) is 32.0 Å². The first-order valence-electron chi connectivity index (χ1n) is 8.95. The molecular formula is C19H31ClN2O3. The Hall–Kier alpha value is -1.14. The van der Waals surface area contributed by atoms with E-state index in [1.54, 1.807) is 0 Å². The number of carbonyl (C=O) groups is 1. The van der Waals surface area contributed by atoms with Crippen molar-refractivity contribution in [3.63, 3.8) is 0 Å². The smallest absolute Gasteiger partial charge is 0.224 e. The van der Waals surface area contributed by atoms with E-state index in [0.29, 0.717) is 38.8 Å². The lowest BCUT2D eigenvalue weighted by Gasteiger charge is -2.14. The standard InChI is InChI=1S/C19H30N2O3.ClH/c1-3-23-11-12-24-14-17-5-4-6-18(15(17)2)21-19(22)8-7-16-9-10-20-13-16;/h4-6,16,20H,3,7-14H2,1-2H3,(H,21,22);1H. The van der Waals surface area contributed by atoms with Crippen molar-refractivity contribution < 1.29 is 14.3 Å². The van der Waals surface area contributed by atoms with Gasteiger partial charge in [0.25, 0.3) is 0 Å². The molecule has 1 amide bonds. The normalized spacial score (nSPS) is 16.5. The Labute approximate surface area is 157 Å². The number of hydrogen-bond acceptors (Lipinski definition) is 4. The lowest BCUT2D eigenvalue weighted by atomic mass is 10.0. The fourth-order valence-corrected chi connectivity index (χ4v) is 2.93. The molecule has 1 aromatic carbocycles. The first-order valence-corrected chi connectivity index (χ1v) is 8.95. The van der Waals surface area contributed by atoms with Crippen molar-refractivity contribution in [1.29, 1.82) is 0 Å². The minimum absolute atomic E-state index is 0. The maximum absolute atomic E-state index is 12.2. The molecule has 25 heavy (non-hydrogen) atoms. The summed E-state index contributed by atoms with van der Waals surface area (Å²) >= 11 is 0. The lowest BCUT2D eigenvalue weighted by molar-refractivity contribution is -0.116. The Balaban J connectivity index is 0.00000312. The molecular weight excluding hydrogens is 340 g/mol. The number of amides is 1. The Kier molecular flexibility index (Phi) is 10.7. The number of nitrogens with one attached hydrogen (secondary N) is 2. The van der Waals surface area contributed by atoms with Crippen molar-refractivity contribution >= 4 is 24.0 Å². The monoisotopic (exact) mass is 370 g/mol. The molecule has 1 aromatic rings. The van der Waals surface area contributed by atoms with Gasteiger partial charge in [0, 0.05) is 18.7 Å². The zero-order valence-electron chi connectivity index (χ0n) is 15.3. The molecule has 1 heterocycles. The second-order valence-corrected chi connectivity index (χ2v) is 6.28. The largest absolute Gasteiger partial charge is 0.379 e. The molecule has 6 heteroatoms. The van der Waals surface area contributed by atoms with Gasteiger partial charge in [-0.3, -0.25) is 4.79 Å². The maximum Gasteiger partial charge on any atom is 0.224 e. The molecule has 142 valence electrons. The molecule has 1 atom stereocenters. The number of ether oxygens (including phenoxy) is 2. The predicted octanol–water partition coefficient (Wildman–Crippen LogP) is 3.30. The maximum atomic E-state index is 12.2. The molecule has 1 saturated heterocycles. The minimum Gasteiger partial charge on any atom is -0.379 e. The molecule has 1 aliphatic heterocycles. The van der Waals surface area contributed by atoms with Crippen LogP contribution in [0.15, 0.2) is 18.2 Å². The van der Waals surface area contributed by atoms with E-state index in [4.69, 9.17) is 9.47 Å². The summed E-state index contributed by atoms with van der Waals surface area (Å²) in [6, 6.07) is 5.95. The number of benzene rings is 1. The van der Waals surface area contributed by atoms with Crippen LogP contribution in [0.3, 0.4) is 0 Å². The Morgan fingerprint density at radius 2 is 2.12 bits per heavy atom. The van der Waals surface area contributed by atoms with Crippen molar-refractivity contribution in [2.45, 2.75) is 39.7 Å². The fraction of sp³-hybridized carbons (Fsp3) is 0.632. The van der Waals surface area contributed by atoms with Gasteiger partial charge in [-0.05, 0) is 62.9 Å². The molecule has 1 unspecified atom stereocenters. The summed E-state index contributed by atoms with van der Waals surface area (Å²) in [5.74, 6) is 0.737. The number of anilines is 1. The highest BCUT2D eigenvalue weighted by atomic mass is 35.5. The summed E-state index contributed by atoms with van der Waals surface area (Å²) in [5.41, 5.74) is 3.06. The minimum atomic E-state index is 0. The third-order valence-corrected chi connectivity index (χ3v) is 4.50. The number of carbonyl (C=O) groups excluding carboxylic acids is 1. The molecule has 0 bridgehead atoms. The van der Waals surface area contributed by atoms with Gasteiger partial charge < -0.3 is 20.1 Å². The predicted molar refractivity (Wildman–Crippen MR) is 103 cm³/mol. The molecule has 0 spiro atoms. The van der Waals surface area contributed by atoms with E-state index in [0.717, 1.165) is 36.3 Å². The molecule has 0 aromatic heterocycles. The SMILES string of the molecule is CCOCCOCc1cccc(NC(=O)CCC2CCNC2)c1C.Cl. The molecule has 2 rings (SSSR count). The van der Waals surface area contributed by atoms with Crippen LogP contribution >= 0.6 is 12.4 Å². The average molecular weight is 371 g/mol. The highest BCUT2D eigenvalue weighted by molar-refractivity contribution is 5.91.